The van der Waals surface area contributed by atoms with Crippen LogP contribution in [0.4, 0.5) is 0 Å². The molecule has 0 fully saturated rings. The molecule has 2 aromatic rings. The van der Waals surface area contributed by atoms with Crippen LogP contribution in [0.1, 0.15) is 35.2 Å². The molecule has 1 atom stereocenters. The maximum Gasteiger partial charge on any atom is 0.0991 e. The molecule has 0 aliphatic rings. The second-order valence-corrected chi connectivity index (χ2v) is 4.83. The lowest BCUT2D eigenvalue weighted by Gasteiger charge is -2.15. The highest BCUT2D eigenvalue weighted by Gasteiger charge is 2.05. The van der Waals surface area contributed by atoms with Crippen molar-refractivity contribution in [3.05, 3.63) is 70.8 Å². The van der Waals surface area contributed by atoms with Crippen LogP contribution in [0.3, 0.4) is 0 Å². The third-order valence-electron chi connectivity index (χ3n) is 3.21. The Balaban J connectivity index is 2.00. The van der Waals surface area contributed by atoms with Crippen LogP contribution in [0.25, 0.3) is 0 Å². The first-order valence-corrected chi connectivity index (χ1v) is 6.48. The molecule has 0 aromatic heterocycles. The van der Waals surface area contributed by atoms with Gasteiger partial charge in [-0.15, -0.1) is 0 Å². The average Bonchev–Trinajstić information content (AvgIpc) is 2.45. The number of hydrogen-bond acceptors (Lipinski definition) is 2. The van der Waals surface area contributed by atoms with Gasteiger partial charge in [0.15, 0.2) is 0 Å². The number of nitriles is 1. The summed E-state index contributed by atoms with van der Waals surface area (Å²) >= 11 is 0. The Morgan fingerprint density at radius 3 is 2.68 bits per heavy atom. The lowest BCUT2D eigenvalue weighted by Crippen LogP contribution is -2.18. The van der Waals surface area contributed by atoms with Gasteiger partial charge in [-0.05, 0) is 37.1 Å². The largest absolute Gasteiger partial charge is 0.306 e. The fourth-order valence-corrected chi connectivity index (χ4v) is 2.08. The second-order valence-electron chi connectivity index (χ2n) is 4.83. The van der Waals surface area contributed by atoms with Crippen LogP contribution >= 0.6 is 0 Å². The van der Waals surface area contributed by atoms with E-state index in [4.69, 9.17) is 5.26 Å². The molecule has 0 bridgehead atoms. The second kappa shape index (κ2) is 6.17. The molecule has 1 N–H and O–H groups in total. The fraction of sp³-hybridized carbons (Fsp3) is 0.235. The number of aryl methyl sites for hydroxylation is 1. The lowest BCUT2D eigenvalue weighted by atomic mass is 10.1. The number of hydrogen-bond donors (Lipinski definition) is 1. The van der Waals surface area contributed by atoms with Gasteiger partial charge >= 0.3 is 0 Å². The van der Waals surface area contributed by atoms with E-state index in [0.29, 0.717) is 11.6 Å². The van der Waals surface area contributed by atoms with Crippen molar-refractivity contribution in [2.75, 3.05) is 0 Å². The molecule has 0 aliphatic carbocycles. The molecule has 0 unspecified atom stereocenters. The molecule has 0 heterocycles. The smallest absolute Gasteiger partial charge is 0.0991 e. The minimum atomic E-state index is 0.297. The molecule has 2 rings (SSSR count). The molecular formula is C17H18N2. The van der Waals surface area contributed by atoms with Crippen molar-refractivity contribution in [2.24, 2.45) is 0 Å². The van der Waals surface area contributed by atoms with E-state index in [9.17, 15) is 0 Å². The monoisotopic (exact) mass is 250 g/mol. The molecular weight excluding hydrogens is 232 g/mol. The summed E-state index contributed by atoms with van der Waals surface area (Å²) in [4.78, 5) is 0. The SMILES string of the molecule is Cc1cccc([C@@H](C)NCc2cccc(C#N)c2)c1. The highest BCUT2D eigenvalue weighted by atomic mass is 14.9. The van der Waals surface area contributed by atoms with Gasteiger partial charge in [0.25, 0.3) is 0 Å². The normalized spacial score (nSPS) is 11.8. The summed E-state index contributed by atoms with van der Waals surface area (Å²) in [5.74, 6) is 0. The molecule has 0 radical (unpaired) electrons. The van der Waals surface area contributed by atoms with Crippen LogP contribution in [0.15, 0.2) is 48.5 Å². The van der Waals surface area contributed by atoms with Crippen LogP contribution in [0.5, 0.6) is 0 Å². The topological polar surface area (TPSA) is 35.8 Å². The number of nitrogens with zero attached hydrogens (tertiary/aromatic N) is 1. The van der Waals surface area contributed by atoms with Crippen molar-refractivity contribution in [1.82, 2.24) is 5.32 Å². The van der Waals surface area contributed by atoms with Gasteiger partial charge in [0, 0.05) is 12.6 Å². The first kappa shape index (κ1) is 13.3. The zero-order chi connectivity index (χ0) is 13.7. The molecule has 0 spiro atoms. The summed E-state index contributed by atoms with van der Waals surface area (Å²) in [6.07, 6.45) is 0. The van der Waals surface area contributed by atoms with Crippen molar-refractivity contribution in [3.63, 3.8) is 0 Å². The van der Waals surface area contributed by atoms with Crippen LogP contribution in [-0.2, 0) is 6.54 Å². The molecule has 2 heteroatoms. The van der Waals surface area contributed by atoms with Crippen LogP contribution in [0.2, 0.25) is 0 Å². The molecule has 0 saturated heterocycles. The third kappa shape index (κ3) is 3.67. The van der Waals surface area contributed by atoms with Gasteiger partial charge in [-0.2, -0.15) is 5.26 Å². The van der Waals surface area contributed by atoms with E-state index in [1.165, 1.54) is 11.1 Å². The minimum absolute atomic E-state index is 0.297. The van der Waals surface area contributed by atoms with Gasteiger partial charge < -0.3 is 5.32 Å². The van der Waals surface area contributed by atoms with Gasteiger partial charge in [0.05, 0.1) is 11.6 Å². The summed E-state index contributed by atoms with van der Waals surface area (Å²) in [5, 5.41) is 12.4. The van der Waals surface area contributed by atoms with Gasteiger partial charge in [-0.25, -0.2) is 0 Å². The molecule has 2 nitrogen and oxygen atoms in total. The maximum atomic E-state index is 8.88. The van der Waals surface area contributed by atoms with E-state index in [2.05, 4.69) is 49.5 Å². The predicted molar refractivity (Wildman–Crippen MR) is 77.6 cm³/mol. The number of nitrogens with one attached hydrogen (secondary N) is 1. The highest BCUT2D eigenvalue weighted by Crippen LogP contribution is 2.14. The van der Waals surface area contributed by atoms with Crippen molar-refractivity contribution in [2.45, 2.75) is 26.4 Å². The molecule has 0 saturated carbocycles. The van der Waals surface area contributed by atoms with Crippen LogP contribution < -0.4 is 5.32 Å². The molecule has 0 amide bonds. The predicted octanol–water partition coefficient (Wildman–Crippen LogP) is 3.72. The summed E-state index contributed by atoms with van der Waals surface area (Å²) in [7, 11) is 0. The average molecular weight is 250 g/mol. The summed E-state index contributed by atoms with van der Waals surface area (Å²) in [6.45, 7) is 5.03. The Bertz CT molecular complexity index is 596. The molecule has 19 heavy (non-hydrogen) atoms. The Labute approximate surface area is 114 Å². The van der Waals surface area contributed by atoms with Crippen LogP contribution in [-0.4, -0.2) is 0 Å². The summed E-state index contributed by atoms with van der Waals surface area (Å²) in [6, 6.07) is 18.7. The number of benzene rings is 2. The van der Waals surface area contributed by atoms with Crippen molar-refractivity contribution in [3.8, 4) is 6.07 Å². The van der Waals surface area contributed by atoms with E-state index >= 15 is 0 Å². The zero-order valence-corrected chi connectivity index (χ0v) is 11.4. The van der Waals surface area contributed by atoms with Gasteiger partial charge in [-0.3, -0.25) is 0 Å². The standard InChI is InChI=1S/C17H18N2/c1-13-5-3-8-17(9-13)14(2)19-12-16-7-4-6-15(10-16)11-18/h3-10,14,19H,12H2,1-2H3/t14-/m1/s1. The Kier molecular flexibility index (Phi) is 4.33. The van der Waals surface area contributed by atoms with Gasteiger partial charge in [0.2, 0.25) is 0 Å². The molecule has 0 aliphatic heterocycles. The van der Waals surface area contributed by atoms with E-state index < -0.39 is 0 Å². The Hall–Kier alpha value is -2.11. The van der Waals surface area contributed by atoms with E-state index in [0.717, 1.165) is 12.1 Å². The summed E-state index contributed by atoms with van der Waals surface area (Å²) < 4.78 is 0. The van der Waals surface area contributed by atoms with Crippen molar-refractivity contribution < 1.29 is 0 Å². The lowest BCUT2D eigenvalue weighted by molar-refractivity contribution is 0.574. The van der Waals surface area contributed by atoms with E-state index in [1.54, 1.807) is 0 Å². The summed E-state index contributed by atoms with van der Waals surface area (Å²) in [5.41, 5.74) is 4.41. The number of rotatable bonds is 4. The quantitative estimate of drug-likeness (QED) is 0.897. The Morgan fingerprint density at radius 1 is 1.16 bits per heavy atom. The third-order valence-corrected chi connectivity index (χ3v) is 3.21. The fourth-order valence-electron chi connectivity index (χ4n) is 2.08. The minimum Gasteiger partial charge on any atom is -0.306 e. The maximum absolute atomic E-state index is 8.88. The first-order valence-electron chi connectivity index (χ1n) is 6.48. The van der Waals surface area contributed by atoms with Gasteiger partial charge in [-0.1, -0.05) is 42.0 Å². The van der Waals surface area contributed by atoms with Gasteiger partial charge in [0.1, 0.15) is 0 Å². The zero-order valence-electron chi connectivity index (χ0n) is 11.4. The highest BCUT2D eigenvalue weighted by molar-refractivity contribution is 5.33. The van der Waals surface area contributed by atoms with Crippen molar-refractivity contribution in [1.29, 1.82) is 5.26 Å². The Morgan fingerprint density at radius 2 is 1.95 bits per heavy atom. The van der Waals surface area contributed by atoms with E-state index in [-0.39, 0.29) is 0 Å². The van der Waals surface area contributed by atoms with Crippen LogP contribution in [0, 0.1) is 18.3 Å². The molecule has 2 aromatic carbocycles. The van der Waals surface area contributed by atoms with Crippen molar-refractivity contribution >= 4 is 0 Å². The first-order chi connectivity index (χ1) is 9.19. The van der Waals surface area contributed by atoms with E-state index in [1.807, 2.05) is 24.3 Å². The molecule has 96 valence electrons.